The van der Waals surface area contributed by atoms with Gasteiger partial charge in [0.2, 0.25) is 0 Å². The van der Waals surface area contributed by atoms with Gasteiger partial charge < -0.3 is 15.5 Å². The number of carbonyl (C=O) groups is 1. The molecule has 5 heteroatoms. The van der Waals surface area contributed by atoms with E-state index < -0.39 is 0 Å². The number of ether oxygens (including phenoxy) is 1. The van der Waals surface area contributed by atoms with E-state index in [2.05, 4.69) is 23.4 Å². The van der Waals surface area contributed by atoms with Gasteiger partial charge in [-0.1, -0.05) is 84.5 Å². The molecule has 1 aromatic heterocycles. The number of esters is 1. The molecule has 1 rings (SSSR count). The first-order chi connectivity index (χ1) is 12.8. The van der Waals surface area contributed by atoms with Crippen LogP contribution in [0.25, 0.3) is 0 Å². The average molecular weight is 382 g/mol. The zero-order chi connectivity index (χ0) is 18.9. The molecule has 0 aliphatic heterocycles. The maximum Gasteiger partial charge on any atom is 0.307 e. The second-order valence-electron chi connectivity index (χ2n) is 7.41. The molecule has 1 heterocycles. The number of carbonyl (C=O) groups excluding carboxylic acids is 1. The Morgan fingerprint density at radius 1 is 0.926 bits per heavy atom. The predicted molar refractivity (Wildman–Crippen MR) is 113 cm³/mol. The van der Waals surface area contributed by atoms with Crippen molar-refractivity contribution >= 4 is 5.97 Å². The first-order valence-corrected chi connectivity index (χ1v) is 10.9. The third-order valence-corrected chi connectivity index (χ3v) is 5.00. The highest BCUT2D eigenvalue weighted by atomic mass is 16.5. The lowest BCUT2D eigenvalue weighted by Gasteiger charge is -2.18. The number of hydrogen-bond acceptors (Lipinski definition) is 4. The lowest BCUT2D eigenvalue weighted by molar-refractivity contribution is -0.144. The van der Waals surface area contributed by atoms with Crippen LogP contribution in [0.15, 0.2) is 18.7 Å². The number of imidazole rings is 1. The van der Waals surface area contributed by atoms with Gasteiger partial charge >= 0.3 is 5.97 Å². The van der Waals surface area contributed by atoms with Crippen molar-refractivity contribution in [1.29, 1.82) is 0 Å². The molecule has 0 radical (unpaired) electrons. The normalized spacial score (nSPS) is 11.8. The molecule has 158 valence electrons. The molecule has 1 aromatic rings. The van der Waals surface area contributed by atoms with E-state index in [0.29, 0.717) is 13.0 Å². The van der Waals surface area contributed by atoms with Gasteiger partial charge in [0.05, 0.1) is 19.4 Å². The molecule has 0 spiro atoms. The number of rotatable bonds is 17. The number of aromatic nitrogens is 2. The van der Waals surface area contributed by atoms with Gasteiger partial charge in [-0.3, -0.25) is 4.79 Å². The molecule has 0 aliphatic rings. The third-order valence-electron chi connectivity index (χ3n) is 5.00. The van der Waals surface area contributed by atoms with E-state index in [4.69, 9.17) is 4.74 Å². The Hall–Kier alpha value is -1.36. The summed E-state index contributed by atoms with van der Waals surface area (Å²) in [6.45, 7) is 5.04. The predicted octanol–water partition coefficient (Wildman–Crippen LogP) is 6.63. The maximum absolute atomic E-state index is 12.2. The summed E-state index contributed by atoms with van der Waals surface area (Å²) in [5.74, 6) is -0.0664. The first kappa shape index (κ1) is 25.6. The minimum atomic E-state index is -0.0664. The van der Waals surface area contributed by atoms with Gasteiger partial charge in [0, 0.05) is 18.4 Å². The van der Waals surface area contributed by atoms with Crippen LogP contribution in [0.3, 0.4) is 0 Å². The molecule has 5 nitrogen and oxygen atoms in total. The Kier molecular flexibility index (Phi) is 17.1. The Balaban J connectivity index is 0.00000676. The smallest absolute Gasteiger partial charge is 0.307 e. The van der Waals surface area contributed by atoms with E-state index in [1.54, 1.807) is 6.20 Å². The first-order valence-electron chi connectivity index (χ1n) is 10.9. The van der Waals surface area contributed by atoms with E-state index in [1.165, 1.54) is 57.8 Å². The van der Waals surface area contributed by atoms with Gasteiger partial charge in [0.15, 0.2) is 0 Å². The number of hydrogen-bond donors (Lipinski definition) is 1. The van der Waals surface area contributed by atoms with Gasteiger partial charge in [-0.05, 0) is 12.8 Å². The summed E-state index contributed by atoms with van der Waals surface area (Å²) < 4.78 is 7.53. The van der Waals surface area contributed by atoms with E-state index in [0.717, 1.165) is 25.7 Å². The third kappa shape index (κ3) is 13.5. The molecule has 1 unspecified atom stereocenters. The average Bonchev–Trinajstić information content (AvgIpc) is 3.17. The number of nitrogens with zero attached hydrogens (tertiary/aromatic N) is 2. The van der Waals surface area contributed by atoms with Crippen LogP contribution in [0.2, 0.25) is 0 Å². The Morgan fingerprint density at radius 3 is 2.11 bits per heavy atom. The zero-order valence-electron chi connectivity index (χ0n) is 17.8. The van der Waals surface area contributed by atoms with Crippen molar-refractivity contribution in [3.8, 4) is 0 Å². The van der Waals surface area contributed by atoms with Crippen LogP contribution in [-0.4, -0.2) is 22.1 Å². The highest BCUT2D eigenvalue weighted by Gasteiger charge is 2.16. The highest BCUT2D eigenvalue weighted by molar-refractivity contribution is 5.69. The molecule has 0 saturated carbocycles. The molecule has 0 saturated heterocycles. The Bertz CT molecular complexity index is 435. The van der Waals surface area contributed by atoms with Crippen LogP contribution < -0.4 is 6.15 Å². The van der Waals surface area contributed by atoms with Gasteiger partial charge in [-0.25, -0.2) is 4.98 Å². The van der Waals surface area contributed by atoms with Crippen molar-refractivity contribution in [1.82, 2.24) is 15.7 Å². The molecule has 0 fully saturated rings. The molecule has 1 atom stereocenters. The standard InChI is InChI=1S/C22H40N2O2.H3N/c1-3-5-7-9-11-13-15-21(24-17-16-23-20-24)19-22(25)26-18-14-12-10-8-6-4-2;/h16-17,20-21H,3-15,18-19H2,1-2H3;1H3. The Labute approximate surface area is 166 Å². The Morgan fingerprint density at radius 2 is 1.52 bits per heavy atom. The monoisotopic (exact) mass is 381 g/mol. The van der Waals surface area contributed by atoms with Gasteiger partial charge in [0.25, 0.3) is 0 Å². The van der Waals surface area contributed by atoms with Crippen molar-refractivity contribution < 1.29 is 9.53 Å². The maximum atomic E-state index is 12.2. The SMILES string of the molecule is CCCCCCCCOC(=O)CC(CCCCCCCC)n1ccnc1.N. The second-order valence-corrected chi connectivity index (χ2v) is 7.41. The minimum absolute atomic E-state index is 0. The minimum Gasteiger partial charge on any atom is -0.466 e. The van der Waals surface area contributed by atoms with Crippen molar-refractivity contribution in [3.05, 3.63) is 18.7 Å². The van der Waals surface area contributed by atoms with Crippen molar-refractivity contribution in [3.63, 3.8) is 0 Å². The van der Waals surface area contributed by atoms with E-state index >= 15 is 0 Å². The molecule has 0 aromatic carbocycles. The fourth-order valence-corrected chi connectivity index (χ4v) is 3.32. The van der Waals surface area contributed by atoms with Gasteiger partial charge in [-0.15, -0.1) is 0 Å². The molecular formula is C22H43N3O2. The van der Waals surface area contributed by atoms with Crippen LogP contribution in [-0.2, 0) is 9.53 Å². The fourth-order valence-electron chi connectivity index (χ4n) is 3.32. The summed E-state index contributed by atoms with van der Waals surface area (Å²) in [7, 11) is 0. The summed E-state index contributed by atoms with van der Waals surface area (Å²) in [6.07, 6.45) is 22.0. The quantitative estimate of drug-likeness (QED) is 0.242. The zero-order valence-corrected chi connectivity index (χ0v) is 17.8. The lowest BCUT2D eigenvalue weighted by Crippen LogP contribution is -2.15. The van der Waals surface area contributed by atoms with E-state index in [1.807, 2.05) is 12.5 Å². The van der Waals surface area contributed by atoms with Crippen LogP contribution in [0.4, 0.5) is 0 Å². The molecule has 0 amide bonds. The van der Waals surface area contributed by atoms with Crippen LogP contribution in [0.1, 0.15) is 110 Å². The van der Waals surface area contributed by atoms with Crippen LogP contribution in [0.5, 0.6) is 0 Å². The van der Waals surface area contributed by atoms with E-state index in [9.17, 15) is 4.79 Å². The molecule has 0 aliphatic carbocycles. The molecule has 27 heavy (non-hydrogen) atoms. The summed E-state index contributed by atoms with van der Waals surface area (Å²) in [6, 6.07) is 0.181. The fraction of sp³-hybridized carbons (Fsp3) is 0.818. The van der Waals surface area contributed by atoms with Crippen LogP contribution >= 0.6 is 0 Å². The second kappa shape index (κ2) is 18.0. The summed E-state index contributed by atoms with van der Waals surface area (Å²) in [5, 5.41) is 0. The largest absolute Gasteiger partial charge is 0.466 e. The summed E-state index contributed by atoms with van der Waals surface area (Å²) in [5.41, 5.74) is 0. The lowest BCUT2D eigenvalue weighted by atomic mass is 10.0. The summed E-state index contributed by atoms with van der Waals surface area (Å²) >= 11 is 0. The number of unbranched alkanes of at least 4 members (excludes halogenated alkanes) is 10. The molecule has 3 N–H and O–H groups in total. The topological polar surface area (TPSA) is 79.1 Å². The molecule has 0 bridgehead atoms. The van der Waals surface area contributed by atoms with Gasteiger partial charge in [-0.2, -0.15) is 0 Å². The van der Waals surface area contributed by atoms with Crippen molar-refractivity contribution in [2.75, 3.05) is 6.61 Å². The van der Waals surface area contributed by atoms with Crippen LogP contribution in [0, 0.1) is 0 Å². The summed E-state index contributed by atoms with van der Waals surface area (Å²) in [4.78, 5) is 16.3. The highest BCUT2D eigenvalue weighted by Crippen LogP contribution is 2.21. The van der Waals surface area contributed by atoms with Crippen molar-refractivity contribution in [2.24, 2.45) is 0 Å². The van der Waals surface area contributed by atoms with Gasteiger partial charge in [0.1, 0.15) is 0 Å². The van der Waals surface area contributed by atoms with Crippen molar-refractivity contribution in [2.45, 2.75) is 110 Å². The van der Waals surface area contributed by atoms with E-state index in [-0.39, 0.29) is 18.2 Å². The molecular weight excluding hydrogens is 338 g/mol.